The number of likely N-dealkylation sites (tertiary alicyclic amines) is 1. The molecule has 1 aliphatic rings. The molecule has 2 rings (SSSR count). The van der Waals surface area contributed by atoms with Crippen molar-refractivity contribution in [2.75, 3.05) is 26.2 Å². The quantitative estimate of drug-likeness (QED) is 0.721. The van der Waals surface area contributed by atoms with Gasteiger partial charge in [0, 0.05) is 26.1 Å². The number of esters is 1. The number of ether oxygens (including phenoxy) is 1. The lowest BCUT2D eigenvalue weighted by atomic mass is 9.98. The Morgan fingerprint density at radius 2 is 1.96 bits per heavy atom. The summed E-state index contributed by atoms with van der Waals surface area (Å²) in [7, 11) is -3.63. The predicted molar refractivity (Wildman–Crippen MR) is 96.9 cm³/mol. The highest BCUT2D eigenvalue weighted by molar-refractivity contribution is 7.89. The van der Waals surface area contributed by atoms with Crippen molar-refractivity contribution >= 4 is 21.9 Å². The lowest BCUT2D eigenvalue weighted by Gasteiger charge is -2.31. The van der Waals surface area contributed by atoms with Crippen LogP contribution in [0.25, 0.3) is 0 Å². The van der Waals surface area contributed by atoms with E-state index in [9.17, 15) is 18.0 Å². The van der Waals surface area contributed by atoms with Gasteiger partial charge in [-0.25, -0.2) is 13.1 Å². The van der Waals surface area contributed by atoms with Crippen LogP contribution >= 0.6 is 0 Å². The normalized spacial score (nSPS) is 17.8. The maximum absolute atomic E-state index is 12.3. The van der Waals surface area contributed by atoms with E-state index in [-0.39, 0.29) is 35.7 Å². The summed E-state index contributed by atoms with van der Waals surface area (Å²) in [5.74, 6) is -0.729. The van der Waals surface area contributed by atoms with Gasteiger partial charge in [0.15, 0.2) is 0 Å². The number of amides is 1. The molecule has 1 aromatic rings. The van der Waals surface area contributed by atoms with Gasteiger partial charge in [0.05, 0.1) is 17.4 Å². The highest BCUT2D eigenvalue weighted by Crippen LogP contribution is 2.18. The first-order chi connectivity index (χ1) is 12.3. The minimum absolute atomic E-state index is 0.0234. The number of carbonyl (C=O) groups excluding carboxylic acids is 2. The van der Waals surface area contributed by atoms with Gasteiger partial charge in [0.1, 0.15) is 0 Å². The van der Waals surface area contributed by atoms with Crippen LogP contribution in [0.15, 0.2) is 29.2 Å². The molecule has 0 aliphatic carbocycles. The molecule has 0 saturated carbocycles. The van der Waals surface area contributed by atoms with Crippen molar-refractivity contribution in [3.05, 3.63) is 29.8 Å². The summed E-state index contributed by atoms with van der Waals surface area (Å²) in [6.07, 6.45) is 1.51. The van der Waals surface area contributed by atoms with Crippen molar-refractivity contribution in [2.24, 2.45) is 5.92 Å². The van der Waals surface area contributed by atoms with E-state index >= 15 is 0 Å². The summed E-state index contributed by atoms with van der Waals surface area (Å²) < 4.78 is 31.9. The molecule has 1 atom stereocenters. The highest BCUT2D eigenvalue weighted by atomic mass is 32.2. The van der Waals surface area contributed by atoms with E-state index < -0.39 is 10.0 Å². The van der Waals surface area contributed by atoms with Crippen LogP contribution in [0.2, 0.25) is 0 Å². The van der Waals surface area contributed by atoms with Gasteiger partial charge in [0.2, 0.25) is 15.9 Å². The molecule has 7 nitrogen and oxygen atoms in total. The van der Waals surface area contributed by atoms with E-state index in [0.29, 0.717) is 26.1 Å². The number of hydrogen-bond acceptors (Lipinski definition) is 5. The number of nitrogens with one attached hydrogen (secondary N) is 1. The monoisotopic (exact) mass is 382 g/mol. The van der Waals surface area contributed by atoms with Crippen molar-refractivity contribution in [1.82, 2.24) is 9.62 Å². The first-order valence-corrected chi connectivity index (χ1v) is 10.3. The van der Waals surface area contributed by atoms with Gasteiger partial charge in [-0.1, -0.05) is 17.7 Å². The second kappa shape index (κ2) is 9.14. The van der Waals surface area contributed by atoms with Crippen molar-refractivity contribution in [2.45, 2.75) is 38.0 Å². The zero-order chi connectivity index (χ0) is 19.2. The van der Waals surface area contributed by atoms with Crippen LogP contribution in [0, 0.1) is 12.8 Å². The van der Waals surface area contributed by atoms with Crippen LogP contribution in [0.4, 0.5) is 0 Å². The molecule has 8 heteroatoms. The van der Waals surface area contributed by atoms with Crippen LogP contribution in [-0.2, 0) is 24.3 Å². The van der Waals surface area contributed by atoms with Gasteiger partial charge in [0.25, 0.3) is 0 Å². The summed E-state index contributed by atoms with van der Waals surface area (Å²) in [5, 5.41) is 0. The average molecular weight is 382 g/mol. The van der Waals surface area contributed by atoms with Crippen molar-refractivity contribution < 1.29 is 22.7 Å². The second-order valence-electron chi connectivity index (χ2n) is 6.39. The Hall–Kier alpha value is -1.93. The number of benzene rings is 1. The maximum Gasteiger partial charge on any atom is 0.310 e. The zero-order valence-electron chi connectivity index (χ0n) is 15.2. The van der Waals surface area contributed by atoms with Crippen LogP contribution in [0.1, 0.15) is 31.7 Å². The number of rotatable bonds is 7. The first kappa shape index (κ1) is 20.4. The van der Waals surface area contributed by atoms with E-state index in [0.717, 1.165) is 12.0 Å². The number of piperidine rings is 1. The molecule has 1 heterocycles. The molecule has 1 saturated heterocycles. The van der Waals surface area contributed by atoms with Crippen molar-refractivity contribution in [3.63, 3.8) is 0 Å². The summed E-state index contributed by atoms with van der Waals surface area (Å²) in [5.41, 5.74) is 0.973. The van der Waals surface area contributed by atoms with E-state index in [1.54, 1.807) is 24.0 Å². The third-order valence-corrected chi connectivity index (χ3v) is 5.83. The molecule has 1 aliphatic heterocycles. The fraction of sp³-hybridized carbons (Fsp3) is 0.556. The van der Waals surface area contributed by atoms with Crippen molar-refractivity contribution in [1.29, 1.82) is 0 Å². The molecular formula is C18H26N2O5S. The number of carbonyl (C=O) groups is 2. The van der Waals surface area contributed by atoms with Crippen LogP contribution in [0.5, 0.6) is 0 Å². The summed E-state index contributed by atoms with van der Waals surface area (Å²) in [6, 6.07) is 6.52. The molecule has 1 amide bonds. The molecule has 0 aromatic heterocycles. The van der Waals surface area contributed by atoms with Crippen LogP contribution < -0.4 is 4.72 Å². The summed E-state index contributed by atoms with van der Waals surface area (Å²) in [6.45, 7) is 4.90. The SMILES string of the molecule is CCOC(=O)[C@H]1CCCN(C(=O)CCNS(=O)(=O)c2ccc(C)cc2)C1. The lowest BCUT2D eigenvalue weighted by Crippen LogP contribution is -2.43. The first-order valence-electron chi connectivity index (χ1n) is 8.84. The largest absolute Gasteiger partial charge is 0.466 e. The molecule has 0 bridgehead atoms. The number of aryl methyl sites for hydroxylation is 1. The molecular weight excluding hydrogens is 356 g/mol. The van der Waals surface area contributed by atoms with Gasteiger partial charge >= 0.3 is 5.97 Å². The van der Waals surface area contributed by atoms with E-state index in [2.05, 4.69) is 4.72 Å². The van der Waals surface area contributed by atoms with E-state index in [1.165, 1.54) is 12.1 Å². The highest BCUT2D eigenvalue weighted by Gasteiger charge is 2.29. The Labute approximate surface area is 154 Å². The minimum atomic E-state index is -3.63. The van der Waals surface area contributed by atoms with Crippen LogP contribution in [-0.4, -0.2) is 51.4 Å². The average Bonchev–Trinajstić information content (AvgIpc) is 2.62. The molecule has 1 aromatic carbocycles. The van der Waals surface area contributed by atoms with Gasteiger partial charge in [-0.3, -0.25) is 9.59 Å². The number of hydrogen-bond donors (Lipinski definition) is 1. The number of sulfonamides is 1. The Morgan fingerprint density at radius 1 is 1.27 bits per heavy atom. The third kappa shape index (κ3) is 5.54. The van der Waals surface area contributed by atoms with Gasteiger partial charge in [-0.05, 0) is 38.8 Å². The molecule has 1 fully saturated rings. The molecule has 0 unspecified atom stereocenters. The standard InChI is InChI=1S/C18H26N2O5S/c1-3-25-18(22)15-5-4-12-20(13-15)17(21)10-11-19-26(23,24)16-8-6-14(2)7-9-16/h6-9,15,19H,3-5,10-13H2,1-2H3/t15-/m0/s1. The molecule has 0 radical (unpaired) electrons. The molecule has 1 N–H and O–H groups in total. The molecule has 26 heavy (non-hydrogen) atoms. The molecule has 144 valence electrons. The predicted octanol–water partition coefficient (Wildman–Crippen LogP) is 1.47. The number of nitrogens with zero attached hydrogens (tertiary/aromatic N) is 1. The van der Waals surface area contributed by atoms with Gasteiger partial charge in [-0.2, -0.15) is 0 Å². The fourth-order valence-electron chi connectivity index (χ4n) is 2.91. The topological polar surface area (TPSA) is 92.8 Å². The van der Waals surface area contributed by atoms with E-state index in [4.69, 9.17) is 4.74 Å². The fourth-order valence-corrected chi connectivity index (χ4v) is 3.94. The minimum Gasteiger partial charge on any atom is -0.466 e. The van der Waals surface area contributed by atoms with Gasteiger partial charge < -0.3 is 9.64 Å². The lowest BCUT2D eigenvalue weighted by molar-refractivity contribution is -0.151. The van der Waals surface area contributed by atoms with E-state index in [1.807, 2.05) is 6.92 Å². The zero-order valence-corrected chi connectivity index (χ0v) is 16.0. The smallest absolute Gasteiger partial charge is 0.310 e. The second-order valence-corrected chi connectivity index (χ2v) is 8.16. The van der Waals surface area contributed by atoms with Gasteiger partial charge in [-0.15, -0.1) is 0 Å². The Morgan fingerprint density at radius 3 is 2.62 bits per heavy atom. The Kier molecular flexibility index (Phi) is 7.16. The third-order valence-electron chi connectivity index (χ3n) is 4.36. The molecule has 0 spiro atoms. The summed E-state index contributed by atoms with van der Waals surface area (Å²) in [4.78, 5) is 26.0. The maximum atomic E-state index is 12.3. The Bertz CT molecular complexity index is 730. The Balaban J connectivity index is 1.84. The summed E-state index contributed by atoms with van der Waals surface area (Å²) >= 11 is 0. The van der Waals surface area contributed by atoms with Crippen LogP contribution in [0.3, 0.4) is 0 Å². The van der Waals surface area contributed by atoms with Crippen molar-refractivity contribution in [3.8, 4) is 0 Å².